The summed E-state index contributed by atoms with van der Waals surface area (Å²) in [6, 6.07) is 18.1. The van der Waals surface area contributed by atoms with Gasteiger partial charge in [0.2, 0.25) is 0 Å². The molecule has 3 N–H and O–H groups in total. The number of carboxylic acids is 2. The lowest BCUT2D eigenvalue weighted by Gasteiger charge is -2.51. The lowest BCUT2D eigenvalue weighted by molar-refractivity contribution is -0.149. The van der Waals surface area contributed by atoms with Crippen LogP contribution in [0, 0.1) is 6.92 Å². The van der Waals surface area contributed by atoms with Crippen LogP contribution in [0.1, 0.15) is 48.8 Å². The molecule has 0 spiro atoms. The van der Waals surface area contributed by atoms with Crippen LogP contribution in [0.3, 0.4) is 0 Å². The van der Waals surface area contributed by atoms with E-state index in [0.29, 0.717) is 22.1 Å². The van der Waals surface area contributed by atoms with Crippen LogP contribution < -0.4 is 4.90 Å². The minimum absolute atomic E-state index is 0.00697. The summed E-state index contributed by atoms with van der Waals surface area (Å²) in [5.41, 5.74) is 0.197. The number of carboxylic acid groups (broad SMARTS) is 2. The summed E-state index contributed by atoms with van der Waals surface area (Å²) in [6.07, 6.45) is -0.0201. The van der Waals surface area contributed by atoms with Crippen molar-refractivity contribution in [3.05, 3.63) is 89.5 Å². The minimum Gasteiger partial charge on any atom is -0.481 e. The van der Waals surface area contributed by atoms with E-state index in [1.807, 2.05) is 0 Å². The number of hydrogen-bond donors (Lipinski definition) is 3. The van der Waals surface area contributed by atoms with E-state index >= 15 is 4.79 Å². The molecule has 1 saturated heterocycles. The second-order valence-corrected chi connectivity index (χ2v) is 15.4. The Kier molecular flexibility index (Phi) is 9.97. The molecule has 1 atom stereocenters. The molecule has 2 aliphatic rings. The third kappa shape index (κ3) is 6.55. The highest BCUT2D eigenvalue weighted by Gasteiger charge is 2.59. The maximum atomic E-state index is 15.5. The van der Waals surface area contributed by atoms with Crippen molar-refractivity contribution in [2.45, 2.75) is 55.5 Å². The average Bonchev–Trinajstić information content (AvgIpc) is 3.53. The topological polar surface area (TPSA) is 190 Å². The molecule has 0 bridgehead atoms. The molecule has 3 aromatic rings. The van der Waals surface area contributed by atoms with Gasteiger partial charge in [0, 0.05) is 48.6 Å². The van der Waals surface area contributed by atoms with Gasteiger partial charge in [0.1, 0.15) is 6.04 Å². The molecule has 15 heteroatoms. The molecule has 3 aromatic carbocycles. The Morgan fingerprint density at radius 3 is 2.00 bits per heavy atom. The van der Waals surface area contributed by atoms with E-state index in [1.54, 1.807) is 72.5 Å². The van der Waals surface area contributed by atoms with Gasteiger partial charge in [0.15, 0.2) is 5.54 Å². The van der Waals surface area contributed by atoms with Crippen LogP contribution in [0.15, 0.2) is 77.7 Å². The maximum absolute atomic E-state index is 15.5. The Hall–Kier alpha value is -4.31. The number of para-hydroxylation sites is 2. The molecule has 0 radical (unpaired) electrons. The molecule has 48 heavy (non-hydrogen) atoms. The molecule has 5 rings (SSSR count). The number of sulfonamides is 1. The van der Waals surface area contributed by atoms with Crippen LogP contribution in [0.4, 0.5) is 11.4 Å². The van der Waals surface area contributed by atoms with E-state index in [0.717, 1.165) is 5.56 Å². The van der Waals surface area contributed by atoms with Gasteiger partial charge in [-0.25, -0.2) is 12.7 Å². The van der Waals surface area contributed by atoms with E-state index in [4.69, 9.17) is 0 Å². The highest BCUT2D eigenvalue weighted by molar-refractivity contribution is 7.89. The maximum Gasteiger partial charge on any atom is 0.320 e. The van der Waals surface area contributed by atoms with Gasteiger partial charge in [0.25, 0.3) is 26.0 Å². The number of amides is 1. The molecule has 0 aromatic heterocycles. The normalized spacial score (nSPS) is 17.4. The van der Waals surface area contributed by atoms with Crippen molar-refractivity contribution >= 4 is 49.4 Å². The molecule has 1 fully saturated rings. The SMILES string of the molecule is Cc1ccc(S(=O)(=O)N(CCCC(=O)O)C(=O)C2(N3CCC[C@H]3C(=O)O)c3ccccc3N(CCCS(=O)(=O)O)c3ccccc32)cc1. The van der Waals surface area contributed by atoms with Crippen LogP contribution >= 0.6 is 0 Å². The predicted molar refractivity (Wildman–Crippen MR) is 176 cm³/mol. The summed E-state index contributed by atoms with van der Waals surface area (Å²) in [4.78, 5) is 43.0. The van der Waals surface area contributed by atoms with Crippen molar-refractivity contribution in [3.8, 4) is 0 Å². The first-order valence-corrected chi connectivity index (χ1v) is 18.5. The first-order valence-electron chi connectivity index (χ1n) is 15.5. The molecule has 1 amide bonds. The zero-order valence-corrected chi connectivity index (χ0v) is 27.9. The smallest absolute Gasteiger partial charge is 0.320 e. The highest BCUT2D eigenvalue weighted by atomic mass is 32.2. The summed E-state index contributed by atoms with van der Waals surface area (Å²) in [5.74, 6) is -3.86. The number of rotatable bonds is 13. The fourth-order valence-corrected chi connectivity index (χ4v) is 8.71. The molecule has 2 heterocycles. The van der Waals surface area contributed by atoms with Gasteiger partial charge >= 0.3 is 11.9 Å². The third-order valence-corrected chi connectivity index (χ3v) is 11.4. The first kappa shape index (κ1) is 35.0. The minimum atomic E-state index is -4.61. The van der Waals surface area contributed by atoms with Gasteiger partial charge in [-0.1, -0.05) is 54.1 Å². The fraction of sp³-hybridized carbons (Fsp3) is 0.364. The molecular weight excluding hydrogens is 663 g/mol. The van der Waals surface area contributed by atoms with Crippen molar-refractivity contribution < 1.29 is 46.0 Å². The van der Waals surface area contributed by atoms with E-state index in [9.17, 15) is 41.2 Å². The highest BCUT2D eigenvalue weighted by Crippen LogP contribution is 2.54. The lowest BCUT2D eigenvalue weighted by atomic mass is 9.74. The molecular formula is C33H37N3O10S2. The van der Waals surface area contributed by atoms with Crippen LogP contribution in [0.25, 0.3) is 0 Å². The quantitative estimate of drug-likeness (QED) is 0.220. The number of aryl methyl sites for hydroxylation is 1. The van der Waals surface area contributed by atoms with Gasteiger partial charge in [-0.2, -0.15) is 8.42 Å². The number of nitrogens with zero attached hydrogens (tertiary/aromatic N) is 3. The summed E-state index contributed by atoms with van der Waals surface area (Å²) in [5, 5.41) is 19.8. The zero-order valence-electron chi connectivity index (χ0n) is 26.2. The van der Waals surface area contributed by atoms with Crippen LogP contribution in [-0.4, -0.2) is 90.1 Å². The van der Waals surface area contributed by atoms with E-state index in [-0.39, 0.29) is 48.4 Å². The standard InChI is InChI=1S/C33H37N3O10S2/c1-23-15-17-24(18-16-23)48(45,46)36(21-7-14-30(37)38)32(41)33(35-20-6-13-29(35)31(39)40)25-9-2-4-11-27(25)34(19-8-22-47(42,43)44)28-12-5-3-10-26(28)33/h2-5,9-12,15-18,29H,6-8,13-14,19-22H2,1H3,(H,37,38)(H,39,40)(H,42,43,44)/t29-/m0/s1. The Morgan fingerprint density at radius 1 is 0.875 bits per heavy atom. The summed E-state index contributed by atoms with van der Waals surface area (Å²) in [7, 11) is -8.90. The van der Waals surface area contributed by atoms with Crippen LogP contribution in [0.2, 0.25) is 0 Å². The molecule has 0 saturated carbocycles. The fourth-order valence-electron chi connectivity index (χ4n) is 6.76. The molecule has 256 valence electrons. The van der Waals surface area contributed by atoms with Crippen molar-refractivity contribution in [1.82, 2.24) is 9.21 Å². The van der Waals surface area contributed by atoms with Gasteiger partial charge in [-0.05, 0) is 56.9 Å². The predicted octanol–water partition coefficient (Wildman–Crippen LogP) is 3.60. The van der Waals surface area contributed by atoms with Crippen molar-refractivity contribution in [2.24, 2.45) is 0 Å². The second-order valence-electron chi connectivity index (χ2n) is 11.9. The Labute approximate surface area is 279 Å². The number of carbonyl (C=O) groups is 3. The summed E-state index contributed by atoms with van der Waals surface area (Å²) in [6.45, 7) is 1.50. The van der Waals surface area contributed by atoms with Gasteiger partial charge in [-0.3, -0.25) is 23.8 Å². The Morgan fingerprint density at radius 2 is 1.46 bits per heavy atom. The van der Waals surface area contributed by atoms with Crippen LogP contribution in [0.5, 0.6) is 0 Å². The molecule has 0 aliphatic carbocycles. The number of likely N-dealkylation sites (tertiary alicyclic amines) is 1. The van der Waals surface area contributed by atoms with Crippen LogP contribution in [-0.2, 0) is 40.1 Å². The average molecular weight is 700 g/mol. The number of aliphatic carboxylic acids is 2. The third-order valence-electron chi connectivity index (χ3n) is 8.82. The summed E-state index contributed by atoms with van der Waals surface area (Å²) < 4.78 is 62.1. The number of fused-ring (bicyclic) bond motifs is 2. The van der Waals surface area contributed by atoms with Gasteiger partial charge < -0.3 is 15.1 Å². The molecule has 2 aliphatic heterocycles. The monoisotopic (exact) mass is 699 g/mol. The molecule has 0 unspecified atom stereocenters. The Balaban J connectivity index is 1.79. The molecule has 13 nitrogen and oxygen atoms in total. The van der Waals surface area contributed by atoms with E-state index in [2.05, 4.69) is 0 Å². The van der Waals surface area contributed by atoms with E-state index in [1.165, 1.54) is 17.0 Å². The zero-order chi connectivity index (χ0) is 34.9. The van der Waals surface area contributed by atoms with Gasteiger partial charge in [0.05, 0.1) is 10.6 Å². The van der Waals surface area contributed by atoms with Gasteiger partial charge in [-0.15, -0.1) is 0 Å². The number of hydrogen-bond acceptors (Lipinski definition) is 9. The first-order chi connectivity index (χ1) is 22.7. The number of anilines is 2. The van der Waals surface area contributed by atoms with Crippen molar-refractivity contribution in [1.29, 1.82) is 0 Å². The van der Waals surface area contributed by atoms with Crippen molar-refractivity contribution in [3.63, 3.8) is 0 Å². The van der Waals surface area contributed by atoms with Crippen molar-refractivity contribution in [2.75, 3.05) is 30.3 Å². The number of benzene rings is 3. The lowest BCUT2D eigenvalue weighted by Crippen LogP contribution is -2.63. The largest absolute Gasteiger partial charge is 0.481 e. The van der Waals surface area contributed by atoms with E-state index < -0.39 is 68.3 Å². The summed E-state index contributed by atoms with van der Waals surface area (Å²) >= 11 is 0. The second kappa shape index (κ2) is 13.7. The Bertz CT molecular complexity index is 1880. The number of carbonyl (C=O) groups excluding carboxylic acids is 1.